The summed E-state index contributed by atoms with van der Waals surface area (Å²) >= 11 is 0. The van der Waals surface area contributed by atoms with E-state index in [1.807, 2.05) is 4.57 Å². The zero-order valence-corrected chi connectivity index (χ0v) is 23.2. The minimum absolute atomic E-state index is 0.0301. The van der Waals surface area contributed by atoms with Crippen molar-refractivity contribution in [3.05, 3.63) is 113 Å². The van der Waals surface area contributed by atoms with Gasteiger partial charge in [-0.05, 0) is 42.3 Å². The quantitative estimate of drug-likeness (QED) is 0.188. The van der Waals surface area contributed by atoms with Gasteiger partial charge in [-0.1, -0.05) is 30.3 Å². The highest BCUT2D eigenvalue weighted by Gasteiger charge is 2.24. The number of aromatic carboxylic acids is 1. The minimum atomic E-state index is -1.13. The summed E-state index contributed by atoms with van der Waals surface area (Å²) in [5, 5.41) is 10.2. The van der Waals surface area contributed by atoms with E-state index in [2.05, 4.69) is 19.8 Å². The van der Waals surface area contributed by atoms with Crippen LogP contribution in [0, 0.1) is 12.4 Å². The van der Waals surface area contributed by atoms with Gasteiger partial charge in [-0.25, -0.2) is 29.0 Å². The van der Waals surface area contributed by atoms with Crippen LogP contribution >= 0.6 is 0 Å². The van der Waals surface area contributed by atoms with Crippen molar-refractivity contribution in [3.8, 4) is 17.1 Å². The monoisotopic (exact) mass is 589 g/mol. The highest BCUT2D eigenvalue weighted by atomic mass is 19.1. The Morgan fingerprint density at radius 3 is 2.73 bits per heavy atom. The molecule has 1 saturated heterocycles. The maximum Gasteiger partial charge on any atom is 0.354 e. The lowest BCUT2D eigenvalue weighted by molar-refractivity contribution is -0.0590. The molecule has 0 spiro atoms. The lowest BCUT2D eigenvalue weighted by atomic mass is 10.1. The molecule has 10 nitrogen and oxygen atoms in total. The number of carboxylic acids is 1. The van der Waals surface area contributed by atoms with E-state index in [1.54, 1.807) is 60.9 Å². The van der Waals surface area contributed by atoms with E-state index in [1.165, 1.54) is 12.1 Å². The number of carboxylic acid groups (broad SMARTS) is 1. The van der Waals surface area contributed by atoms with Crippen molar-refractivity contribution in [1.82, 2.24) is 19.5 Å². The van der Waals surface area contributed by atoms with Gasteiger partial charge in [-0.15, -0.1) is 0 Å². The predicted octanol–water partition coefficient (Wildman–Crippen LogP) is 6.59. The van der Waals surface area contributed by atoms with E-state index in [9.17, 15) is 9.90 Å². The van der Waals surface area contributed by atoms with Crippen LogP contribution in [-0.2, 0) is 24.3 Å². The fraction of sp³-hybridized carbons (Fsp3) is 0.182. The number of carbonyl (C=O) groups is 1. The van der Waals surface area contributed by atoms with Gasteiger partial charge in [0, 0.05) is 35.6 Å². The van der Waals surface area contributed by atoms with E-state index in [4.69, 9.17) is 20.5 Å². The third kappa shape index (κ3) is 5.12. The Kier molecular flexibility index (Phi) is 6.96. The molecule has 0 bridgehead atoms. The van der Waals surface area contributed by atoms with E-state index in [0.717, 1.165) is 17.4 Å². The van der Waals surface area contributed by atoms with Crippen molar-refractivity contribution < 1.29 is 28.2 Å². The van der Waals surface area contributed by atoms with E-state index >= 15 is 4.39 Å². The number of furan rings is 1. The summed E-state index contributed by atoms with van der Waals surface area (Å²) in [6, 6.07) is 18.5. The number of pyridine rings is 2. The van der Waals surface area contributed by atoms with Crippen LogP contribution in [0.5, 0.6) is 5.88 Å². The van der Waals surface area contributed by atoms with E-state index in [-0.39, 0.29) is 24.8 Å². The number of hydrogen-bond donors (Lipinski definition) is 1. The van der Waals surface area contributed by atoms with Crippen LogP contribution in [0.3, 0.4) is 0 Å². The fourth-order valence-corrected chi connectivity index (χ4v) is 5.27. The molecule has 5 heterocycles. The molecule has 4 aromatic heterocycles. The van der Waals surface area contributed by atoms with Gasteiger partial charge in [0.05, 0.1) is 31.2 Å². The van der Waals surface area contributed by atoms with Gasteiger partial charge in [0.15, 0.2) is 17.0 Å². The molecule has 2 aromatic carbocycles. The van der Waals surface area contributed by atoms with Crippen LogP contribution < -0.4 is 4.74 Å². The van der Waals surface area contributed by atoms with Crippen LogP contribution in [0.4, 0.5) is 10.1 Å². The number of rotatable bonds is 9. The topological polar surface area (TPSA) is 117 Å². The van der Waals surface area contributed by atoms with E-state index < -0.39 is 11.8 Å². The van der Waals surface area contributed by atoms with Crippen molar-refractivity contribution >= 4 is 33.8 Å². The average molecular weight is 590 g/mol. The Bertz CT molecular complexity index is 2090. The molecule has 1 N–H and O–H groups in total. The third-order valence-electron chi connectivity index (χ3n) is 7.66. The zero-order chi connectivity index (χ0) is 30.2. The molecule has 1 aliphatic rings. The maximum absolute atomic E-state index is 15.5. The fourth-order valence-electron chi connectivity index (χ4n) is 5.27. The molecule has 0 radical (unpaired) electrons. The van der Waals surface area contributed by atoms with Crippen molar-refractivity contribution in [1.29, 1.82) is 0 Å². The molecule has 7 rings (SSSR count). The first-order chi connectivity index (χ1) is 21.5. The lowest BCUT2D eigenvalue weighted by Crippen LogP contribution is -2.32. The molecule has 0 aliphatic carbocycles. The number of benzene rings is 2. The Labute approximate surface area is 250 Å². The first-order valence-corrected chi connectivity index (χ1v) is 13.9. The Hall–Kier alpha value is -5.60. The van der Waals surface area contributed by atoms with Crippen LogP contribution in [-0.4, -0.2) is 43.3 Å². The second kappa shape index (κ2) is 11.2. The number of imidazole rings is 1. The number of hydrogen-bond acceptors (Lipinski definition) is 7. The van der Waals surface area contributed by atoms with E-state index in [0.29, 0.717) is 64.1 Å². The molecule has 1 fully saturated rings. The summed E-state index contributed by atoms with van der Waals surface area (Å²) in [5.74, 6) is -0.619. The van der Waals surface area contributed by atoms with Crippen molar-refractivity contribution in [2.75, 3.05) is 6.61 Å². The van der Waals surface area contributed by atoms with Gasteiger partial charge >= 0.3 is 5.97 Å². The van der Waals surface area contributed by atoms with Crippen LogP contribution in [0.2, 0.25) is 0 Å². The summed E-state index contributed by atoms with van der Waals surface area (Å²) in [5.41, 5.74) is 4.33. The molecule has 0 saturated carbocycles. The number of halogens is 1. The van der Waals surface area contributed by atoms with Crippen molar-refractivity contribution in [2.45, 2.75) is 32.1 Å². The molecular formula is C33H24FN5O5. The van der Waals surface area contributed by atoms with Gasteiger partial charge in [-0.3, -0.25) is 0 Å². The molecule has 218 valence electrons. The van der Waals surface area contributed by atoms with Gasteiger partial charge in [0.25, 0.3) is 0 Å². The number of nitrogens with zero attached hydrogens (tertiary/aromatic N) is 5. The molecule has 0 amide bonds. The normalized spacial score (nSPS) is 14.4. The molecule has 44 heavy (non-hydrogen) atoms. The molecule has 11 heteroatoms. The first-order valence-electron chi connectivity index (χ1n) is 13.9. The van der Waals surface area contributed by atoms with Gasteiger partial charge < -0.3 is 23.6 Å². The summed E-state index contributed by atoms with van der Waals surface area (Å²) < 4.78 is 34.5. The van der Waals surface area contributed by atoms with Gasteiger partial charge in [-0.2, -0.15) is 0 Å². The first kappa shape index (κ1) is 27.2. The Morgan fingerprint density at radius 2 is 1.95 bits per heavy atom. The largest absolute Gasteiger partial charge is 0.477 e. The summed E-state index contributed by atoms with van der Waals surface area (Å²) in [7, 11) is 0. The smallest absolute Gasteiger partial charge is 0.354 e. The lowest BCUT2D eigenvalue weighted by Gasteiger charge is -2.27. The van der Waals surface area contributed by atoms with Crippen LogP contribution in [0.1, 0.15) is 33.9 Å². The highest BCUT2D eigenvalue weighted by Crippen LogP contribution is 2.31. The minimum Gasteiger partial charge on any atom is -0.477 e. The number of aromatic nitrogens is 4. The third-order valence-corrected chi connectivity index (χ3v) is 7.66. The molecule has 6 aromatic rings. The van der Waals surface area contributed by atoms with Crippen LogP contribution in [0.25, 0.3) is 38.2 Å². The summed E-state index contributed by atoms with van der Waals surface area (Å²) in [6.07, 6.45) is 2.57. The maximum atomic E-state index is 15.5. The number of ether oxygens (including phenoxy) is 2. The highest BCUT2D eigenvalue weighted by molar-refractivity contribution is 5.93. The molecule has 1 atom stereocenters. The molecular weight excluding hydrogens is 565 g/mol. The van der Waals surface area contributed by atoms with Crippen LogP contribution in [0.15, 0.2) is 77.4 Å². The van der Waals surface area contributed by atoms with Crippen molar-refractivity contribution in [3.63, 3.8) is 0 Å². The number of fused-ring (bicyclic) bond motifs is 2. The zero-order valence-electron chi connectivity index (χ0n) is 23.2. The second-order valence-corrected chi connectivity index (χ2v) is 10.4. The summed E-state index contributed by atoms with van der Waals surface area (Å²) in [4.78, 5) is 28.6. The summed E-state index contributed by atoms with van der Waals surface area (Å²) in [6.45, 7) is 8.64. The second-order valence-electron chi connectivity index (χ2n) is 10.4. The van der Waals surface area contributed by atoms with Gasteiger partial charge in [0.2, 0.25) is 5.88 Å². The Balaban J connectivity index is 1.12. The molecule has 0 unspecified atom stereocenters. The molecule has 1 aliphatic heterocycles. The SMILES string of the molecule is [C-]#[N+]c1ccc(COc2cccc(-c3ccc(Cc4nc5ccc(C(=O)O)nc5n4C[C@@H]4CCO4)c(F)c3)n2)c2occc12. The van der Waals surface area contributed by atoms with Gasteiger partial charge in [0.1, 0.15) is 29.3 Å². The Morgan fingerprint density at radius 1 is 1.09 bits per heavy atom. The predicted molar refractivity (Wildman–Crippen MR) is 158 cm³/mol. The van der Waals surface area contributed by atoms with Crippen molar-refractivity contribution in [2.24, 2.45) is 0 Å². The average Bonchev–Trinajstić information content (AvgIpc) is 3.64. The standard InChI is InChI=1S/C33H24FN5O5/c1-35-26-8-7-21(31-23(26)12-14-43-31)18-44-30-4-2-3-25(37-30)20-6-5-19(24(34)15-20)16-29-36-27-9-10-28(33(40)41)38-32(27)39(29)17-22-11-13-42-22/h2-10,12,14-15,22H,11,13,16-18H2,(H,40,41)/t22-/m0/s1.